The van der Waals surface area contributed by atoms with E-state index in [0.29, 0.717) is 5.41 Å². The van der Waals surface area contributed by atoms with Gasteiger partial charge >= 0.3 is 0 Å². The van der Waals surface area contributed by atoms with Crippen molar-refractivity contribution in [3.63, 3.8) is 0 Å². The fourth-order valence-electron chi connectivity index (χ4n) is 1.95. The molecular formula is C15H18S. The monoisotopic (exact) mass is 230 g/mol. The van der Waals surface area contributed by atoms with Gasteiger partial charge in [0.25, 0.3) is 0 Å². The van der Waals surface area contributed by atoms with Crippen LogP contribution >= 0.6 is 11.3 Å². The van der Waals surface area contributed by atoms with Crippen LogP contribution in [0.25, 0.3) is 11.1 Å². The van der Waals surface area contributed by atoms with Crippen LogP contribution in [-0.2, 0) is 6.42 Å². The number of hydrogen-bond donors (Lipinski definition) is 0. The summed E-state index contributed by atoms with van der Waals surface area (Å²) in [5.41, 5.74) is 4.53. The molecule has 0 amide bonds. The minimum atomic E-state index is 0.339. The zero-order chi connectivity index (χ0) is 11.6. The Kier molecular flexibility index (Phi) is 3.15. The van der Waals surface area contributed by atoms with Crippen molar-refractivity contribution in [1.29, 1.82) is 0 Å². The maximum absolute atomic E-state index is 2.29. The molecule has 1 aromatic carbocycles. The van der Waals surface area contributed by atoms with Gasteiger partial charge in [-0.05, 0) is 45.4 Å². The van der Waals surface area contributed by atoms with Gasteiger partial charge in [0.1, 0.15) is 0 Å². The third kappa shape index (κ3) is 2.73. The van der Waals surface area contributed by atoms with E-state index in [1.807, 2.05) is 0 Å². The van der Waals surface area contributed by atoms with Crippen LogP contribution < -0.4 is 0 Å². The second-order valence-corrected chi connectivity index (χ2v) is 6.19. The van der Waals surface area contributed by atoms with E-state index >= 15 is 0 Å². The highest BCUT2D eigenvalue weighted by molar-refractivity contribution is 7.08. The third-order valence-electron chi connectivity index (χ3n) is 2.57. The molecule has 0 unspecified atom stereocenters. The van der Waals surface area contributed by atoms with Gasteiger partial charge in [-0.15, -0.1) is 0 Å². The average Bonchev–Trinajstić information content (AvgIpc) is 2.69. The van der Waals surface area contributed by atoms with Crippen LogP contribution in [0.1, 0.15) is 26.3 Å². The van der Waals surface area contributed by atoms with E-state index in [2.05, 4.69) is 61.9 Å². The minimum Gasteiger partial charge on any atom is -0.152 e. The molecule has 0 radical (unpaired) electrons. The zero-order valence-electron chi connectivity index (χ0n) is 10.2. The first-order valence-corrected chi connectivity index (χ1v) is 6.61. The van der Waals surface area contributed by atoms with Gasteiger partial charge in [0.15, 0.2) is 0 Å². The first-order valence-electron chi connectivity index (χ1n) is 5.67. The molecule has 0 bridgehead atoms. The largest absolute Gasteiger partial charge is 0.152 e. The number of thiophene rings is 1. The van der Waals surface area contributed by atoms with Crippen LogP contribution in [0.2, 0.25) is 0 Å². The summed E-state index contributed by atoms with van der Waals surface area (Å²) in [7, 11) is 0. The molecule has 0 N–H and O–H groups in total. The van der Waals surface area contributed by atoms with Crippen molar-refractivity contribution in [2.24, 2.45) is 5.41 Å². The smallest absolute Gasteiger partial charge is 0.00146 e. The lowest BCUT2D eigenvalue weighted by Crippen LogP contribution is -2.09. The summed E-state index contributed by atoms with van der Waals surface area (Å²) in [6, 6.07) is 10.9. The topological polar surface area (TPSA) is 0 Å². The predicted molar refractivity (Wildman–Crippen MR) is 72.9 cm³/mol. The van der Waals surface area contributed by atoms with Crippen LogP contribution in [0.3, 0.4) is 0 Å². The standard InChI is InChI=1S/C15H18S/c1-15(2,3)10-12-6-4-5-7-14(12)13-8-9-16-11-13/h4-9,11H,10H2,1-3H3. The molecule has 0 saturated heterocycles. The van der Waals surface area contributed by atoms with E-state index in [-0.39, 0.29) is 0 Å². The molecule has 2 aromatic rings. The van der Waals surface area contributed by atoms with Gasteiger partial charge in [-0.1, -0.05) is 45.0 Å². The molecule has 0 fully saturated rings. The zero-order valence-corrected chi connectivity index (χ0v) is 11.0. The Bertz CT molecular complexity index is 447. The Balaban J connectivity index is 2.39. The van der Waals surface area contributed by atoms with Crippen molar-refractivity contribution in [1.82, 2.24) is 0 Å². The van der Waals surface area contributed by atoms with Crippen molar-refractivity contribution in [2.45, 2.75) is 27.2 Å². The lowest BCUT2D eigenvalue weighted by molar-refractivity contribution is 0.412. The molecular weight excluding hydrogens is 212 g/mol. The van der Waals surface area contributed by atoms with Crippen LogP contribution in [0, 0.1) is 5.41 Å². The van der Waals surface area contributed by atoms with Crippen molar-refractivity contribution >= 4 is 11.3 Å². The normalized spacial score (nSPS) is 11.7. The van der Waals surface area contributed by atoms with E-state index in [0.717, 1.165) is 6.42 Å². The number of benzene rings is 1. The van der Waals surface area contributed by atoms with E-state index < -0.39 is 0 Å². The van der Waals surface area contributed by atoms with Crippen LogP contribution in [-0.4, -0.2) is 0 Å². The SMILES string of the molecule is CC(C)(C)Cc1ccccc1-c1ccsc1. The van der Waals surface area contributed by atoms with Gasteiger partial charge in [0, 0.05) is 0 Å². The van der Waals surface area contributed by atoms with E-state index in [9.17, 15) is 0 Å². The Hall–Kier alpha value is -1.08. The second-order valence-electron chi connectivity index (χ2n) is 5.41. The van der Waals surface area contributed by atoms with Crippen LogP contribution in [0.5, 0.6) is 0 Å². The third-order valence-corrected chi connectivity index (χ3v) is 3.25. The fourth-order valence-corrected chi connectivity index (χ4v) is 2.60. The molecule has 0 saturated carbocycles. The molecule has 1 aromatic heterocycles. The summed E-state index contributed by atoms with van der Waals surface area (Å²) >= 11 is 1.76. The molecule has 0 aliphatic carbocycles. The Morgan fingerprint density at radius 1 is 1.06 bits per heavy atom. The Morgan fingerprint density at radius 3 is 2.44 bits per heavy atom. The summed E-state index contributed by atoms with van der Waals surface area (Å²) in [4.78, 5) is 0. The van der Waals surface area contributed by atoms with Crippen molar-refractivity contribution in [3.05, 3.63) is 46.7 Å². The minimum absolute atomic E-state index is 0.339. The first-order chi connectivity index (χ1) is 7.56. The highest BCUT2D eigenvalue weighted by atomic mass is 32.1. The molecule has 2 rings (SSSR count). The summed E-state index contributed by atoms with van der Waals surface area (Å²) < 4.78 is 0. The molecule has 1 heteroatoms. The van der Waals surface area contributed by atoms with Gasteiger partial charge in [0.05, 0.1) is 0 Å². The quantitative estimate of drug-likeness (QED) is 0.680. The van der Waals surface area contributed by atoms with Gasteiger partial charge in [-0.25, -0.2) is 0 Å². The Morgan fingerprint density at radius 2 is 1.81 bits per heavy atom. The second kappa shape index (κ2) is 4.42. The van der Waals surface area contributed by atoms with Gasteiger partial charge in [-0.2, -0.15) is 11.3 Å². The predicted octanol–water partition coefficient (Wildman–Crippen LogP) is 5.00. The highest BCUT2D eigenvalue weighted by Gasteiger charge is 2.14. The van der Waals surface area contributed by atoms with Crippen molar-refractivity contribution < 1.29 is 0 Å². The van der Waals surface area contributed by atoms with Crippen molar-refractivity contribution in [3.8, 4) is 11.1 Å². The average molecular weight is 230 g/mol. The van der Waals surface area contributed by atoms with E-state index in [4.69, 9.17) is 0 Å². The summed E-state index contributed by atoms with van der Waals surface area (Å²) in [5.74, 6) is 0. The molecule has 0 atom stereocenters. The lowest BCUT2D eigenvalue weighted by Gasteiger charge is -2.20. The van der Waals surface area contributed by atoms with Gasteiger partial charge in [-0.3, -0.25) is 0 Å². The molecule has 0 spiro atoms. The Labute approximate surface area is 102 Å². The molecule has 0 aliphatic rings. The molecule has 0 nitrogen and oxygen atoms in total. The van der Waals surface area contributed by atoms with Gasteiger partial charge in [0.2, 0.25) is 0 Å². The molecule has 0 aliphatic heterocycles. The summed E-state index contributed by atoms with van der Waals surface area (Å²) in [5, 5.41) is 4.37. The van der Waals surface area contributed by atoms with E-state index in [1.165, 1.54) is 16.7 Å². The maximum Gasteiger partial charge on any atom is -0.00146 e. The first kappa shape index (κ1) is 11.4. The molecule has 1 heterocycles. The van der Waals surface area contributed by atoms with Crippen LogP contribution in [0.15, 0.2) is 41.1 Å². The summed E-state index contributed by atoms with van der Waals surface area (Å²) in [6.45, 7) is 6.87. The summed E-state index contributed by atoms with van der Waals surface area (Å²) in [6.07, 6.45) is 1.12. The maximum atomic E-state index is 2.29. The lowest BCUT2D eigenvalue weighted by atomic mass is 9.85. The van der Waals surface area contributed by atoms with Crippen LogP contribution in [0.4, 0.5) is 0 Å². The van der Waals surface area contributed by atoms with E-state index in [1.54, 1.807) is 11.3 Å². The molecule has 16 heavy (non-hydrogen) atoms. The fraction of sp³-hybridized carbons (Fsp3) is 0.333. The highest BCUT2D eigenvalue weighted by Crippen LogP contribution is 2.30. The molecule has 84 valence electrons. The van der Waals surface area contributed by atoms with Gasteiger partial charge < -0.3 is 0 Å². The number of rotatable bonds is 2. The van der Waals surface area contributed by atoms with Crippen molar-refractivity contribution in [2.75, 3.05) is 0 Å². The number of hydrogen-bond acceptors (Lipinski definition) is 1.